The molecule has 2 aromatic rings. The lowest BCUT2D eigenvalue weighted by Gasteiger charge is -2.32. The highest BCUT2D eigenvalue weighted by molar-refractivity contribution is 5.85. The Morgan fingerprint density at radius 1 is 1.23 bits per heavy atom. The summed E-state index contributed by atoms with van der Waals surface area (Å²) in [6, 6.07) is 15.8. The lowest BCUT2D eigenvalue weighted by molar-refractivity contribution is -0.137. The van der Waals surface area contributed by atoms with Gasteiger partial charge in [0.15, 0.2) is 0 Å². The molecule has 1 N–H and O–H groups in total. The number of aliphatic carboxylic acids is 1. The van der Waals surface area contributed by atoms with Gasteiger partial charge in [0.05, 0.1) is 19.1 Å². The van der Waals surface area contributed by atoms with E-state index < -0.39 is 5.97 Å². The van der Waals surface area contributed by atoms with E-state index in [-0.39, 0.29) is 24.9 Å². The third-order valence-corrected chi connectivity index (χ3v) is 4.37. The van der Waals surface area contributed by atoms with Crippen LogP contribution in [0.25, 0.3) is 0 Å². The molecule has 1 aliphatic rings. The Morgan fingerprint density at radius 3 is 2.65 bits per heavy atom. The Balaban J connectivity index is 0.00000243. The summed E-state index contributed by atoms with van der Waals surface area (Å²) in [5.74, 6) is 0.876. The topological polar surface area (TPSA) is 59.0 Å². The number of rotatable bonds is 6. The van der Waals surface area contributed by atoms with Gasteiger partial charge in [-0.1, -0.05) is 30.3 Å². The maximum Gasteiger partial charge on any atom is 0.304 e. The second-order valence-electron chi connectivity index (χ2n) is 6.24. The van der Waals surface area contributed by atoms with Crippen LogP contribution in [0.2, 0.25) is 0 Å². The maximum atomic E-state index is 10.7. The van der Waals surface area contributed by atoms with Crippen molar-refractivity contribution in [3.63, 3.8) is 0 Å². The van der Waals surface area contributed by atoms with E-state index in [0.29, 0.717) is 19.7 Å². The van der Waals surface area contributed by atoms with Gasteiger partial charge in [-0.05, 0) is 36.2 Å². The number of aryl methyl sites for hydroxylation is 1. The Kier molecular flexibility index (Phi) is 7.45. The number of carboxylic acid groups (broad SMARTS) is 1. The summed E-state index contributed by atoms with van der Waals surface area (Å²) in [5.41, 5.74) is 2.17. The quantitative estimate of drug-likeness (QED) is 0.822. The molecule has 1 fully saturated rings. The first kappa shape index (κ1) is 20.2. The highest BCUT2D eigenvalue weighted by Gasteiger charge is 2.22. The molecule has 1 atom stereocenters. The Morgan fingerprint density at radius 2 is 1.96 bits per heavy atom. The second kappa shape index (κ2) is 9.57. The number of para-hydroxylation sites is 1. The average molecular weight is 378 g/mol. The number of halogens is 1. The number of morpholine rings is 1. The van der Waals surface area contributed by atoms with Gasteiger partial charge in [-0.15, -0.1) is 12.4 Å². The maximum absolute atomic E-state index is 10.7. The molecular weight excluding hydrogens is 354 g/mol. The van der Waals surface area contributed by atoms with E-state index in [9.17, 15) is 4.79 Å². The number of carboxylic acids is 1. The molecule has 1 saturated heterocycles. The summed E-state index contributed by atoms with van der Waals surface area (Å²) in [5, 5.41) is 8.83. The van der Waals surface area contributed by atoms with E-state index in [2.05, 4.69) is 4.90 Å². The van der Waals surface area contributed by atoms with Crippen molar-refractivity contribution in [2.24, 2.45) is 0 Å². The number of nitrogens with zero attached hydrogens (tertiary/aromatic N) is 1. The fraction of sp³-hybridized carbons (Fsp3) is 0.350. The van der Waals surface area contributed by atoms with Crippen molar-refractivity contribution in [2.45, 2.75) is 19.4 Å². The SMILES string of the molecule is Cc1ccccc1Oc1ccc(C2CN(CCC(=O)O)CCO2)cc1.Cl. The van der Waals surface area contributed by atoms with E-state index in [1.54, 1.807) is 0 Å². The molecule has 3 rings (SSSR count). The summed E-state index contributed by atoms with van der Waals surface area (Å²) in [6.07, 6.45) is 0.130. The first-order chi connectivity index (χ1) is 12.1. The first-order valence-corrected chi connectivity index (χ1v) is 8.51. The van der Waals surface area contributed by atoms with Crippen LogP contribution in [0.15, 0.2) is 48.5 Å². The van der Waals surface area contributed by atoms with E-state index in [4.69, 9.17) is 14.6 Å². The van der Waals surface area contributed by atoms with Crippen LogP contribution < -0.4 is 4.74 Å². The average Bonchev–Trinajstić information content (AvgIpc) is 2.63. The lowest BCUT2D eigenvalue weighted by Crippen LogP contribution is -2.39. The smallest absolute Gasteiger partial charge is 0.304 e. The number of carbonyl (C=O) groups is 1. The second-order valence-corrected chi connectivity index (χ2v) is 6.24. The molecule has 0 aromatic heterocycles. The van der Waals surface area contributed by atoms with Crippen molar-refractivity contribution >= 4 is 18.4 Å². The van der Waals surface area contributed by atoms with Gasteiger partial charge in [0.25, 0.3) is 0 Å². The zero-order valence-electron chi connectivity index (χ0n) is 14.8. The van der Waals surface area contributed by atoms with Crippen molar-refractivity contribution in [1.29, 1.82) is 0 Å². The lowest BCUT2D eigenvalue weighted by atomic mass is 10.1. The van der Waals surface area contributed by atoms with Gasteiger partial charge >= 0.3 is 5.97 Å². The predicted molar refractivity (Wildman–Crippen MR) is 102 cm³/mol. The van der Waals surface area contributed by atoms with Crippen LogP contribution in [-0.4, -0.2) is 42.2 Å². The Labute approximate surface area is 159 Å². The molecule has 6 heteroatoms. The molecule has 1 unspecified atom stereocenters. The summed E-state index contributed by atoms with van der Waals surface area (Å²) in [6.45, 7) is 4.68. The van der Waals surface area contributed by atoms with Crippen LogP contribution >= 0.6 is 12.4 Å². The molecule has 0 bridgehead atoms. The molecule has 0 amide bonds. The van der Waals surface area contributed by atoms with E-state index in [1.165, 1.54) is 0 Å². The molecule has 0 saturated carbocycles. The van der Waals surface area contributed by atoms with Gasteiger partial charge in [-0.2, -0.15) is 0 Å². The number of ether oxygens (including phenoxy) is 2. The van der Waals surface area contributed by atoms with Crippen LogP contribution in [0.4, 0.5) is 0 Å². The minimum Gasteiger partial charge on any atom is -0.481 e. The molecule has 1 heterocycles. The molecule has 140 valence electrons. The third kappa shape index (κ3) is 5.46. The molecule has 2 aromatic carbocycles. The molecule has 5 nitrogen and oxygen atoms in total. The highest BCUT2D eigenvalue weighted by Crippen LogP contribution is 2.28. The molecule has 26 heavy (non-hydrogen) atoms. The van der Waals surface area contributed by atoms with Gasteiger partial charge in [0, 0.05) is 19.6 Å². The van der Waals surface area contributed by atoms with Gasteiger partial charge < -0.3 is 14.6 Å². The minimum absolute atomic E-state index is 0. The Hall–Kier alpha value is -2.08. The van der Waals surface area contributed by atoms with Gasteiger partial charge in [-0.25, -0.2) is 0 Å². The summed E-state index contributed by atoms with van der Waals surface area (Å²) >= 11 is 0. The van der Waals surface area contributed by atoms with E-state index in [0.717, 1.165) is 29.2 Å². The molecule has 1 aliphatic heterocycles. The van der Waals surface area contributed by atoms with Gasteiger partial charge in [0.2, 0.25) is 0 Å². The number of hydrogen-bond donors (Lipinski definition) is 1. The van der Waals surface area contributed by atoms with Crippen molar-refractivity contribution in [3.05, 3.63) is 59.7 Å². The standard InChI is InChI=1S/C20H23NO4.ClH/c1-15-4-2-3-5-18(15)25-17-8-6-16(7-9-17)19-14-21(12-13-24-19)11-10-20(22)23;/h2-9,19H,10-14H2,1H3,(H,22,23);1H. The zero-order chi connectivity index (χ0) is 17.6. The predicted octanol–water partition coefficient (Wildman–Crippen LogP) is 4.06. The van der Waals surface area contributed by atoms with E-state index >= 15 is 0 Å². The van der Waals surface area contributed by atoms with Crippen LogP contribution in [-0.2, 0) is 9.53 Å². The summed E-state index contributed by atoms with van der Waals surface area (Å²) in [4.78, 5) is 12.9. The van der Waals surface area contributed by atoms with Gasteiger partial charge in [-0.3, -0.25) is 9.69 Å². The fourth-order valence-corrected chi connectivity index (χ4v) is 2.91. The summed E-state index contributed by atoms with van der Waals surface area (Å²) < 4.78 is 11.8. The fourth-order valence-electron chi connectivity index (χ4n) is 2.91. The van der Waals surface area contributed by atoms with Gasteiger partial charge in [0.1, 0.15) is 11.5 Å². The van der Waals surface area contributed by atoms with Crippen LogP contribution in [0.5, 0.6) is 11.5 Å². The molecule has 0 spiro atoms. The summed E-state index contributed by atoms with van der Waals surface area (Å²) in [7, 11) is 0. The van der Waals surface area contributed by atoms with Crippen LogP contribution in [0.3, 0.4) is 0 Å². The highest BCUT2D eigenvalue weighted by atomic mass is 35.5. The normalized spacial score (nSPS) is 17.3. The monoisotopic (exact) mass is 377 g/mol. The largest absolute Gasteiger partial charge is 0.481 e. The van der Waals surface area contributed by atoms with Crippen molar-refractivity contribution in [1.82, 2.24) is 4.90 Å². The molecular formula is C20H24ClNO4. The minimum atomic E-state index is -0.763. The Bertz CT molecular complexity index is 720. The molecule has 0 radical (unpaired) electrons. The van der Waals surface area contributed by atoms with Crippen molar-refractivity contribution < 1.29 is 19.4 Å². The number of benzene rings is 2. The van der Waals surface area contributed by atoms with Crippen LogP contribution in [0.1, 0.15) is 23.7 Å². The van der Waals surface area contributed by atoms with Crippen molar-refractivity contribution in [2.75, 3.05) is 26.2 Å². The third-order valence-electron chi connectivity index (χ3n) is 4.37. The molecule has 0 aliphatic carbocycles. The zero-order valence-corrected chi connectivity index (χ0v) is 15.6. The van der Waals surface area contributed by atoms with Crippen LogP contribution in [0, 0.1) is 6.92 Å². The van der Waals surface area contributed by atoms with E-state index in [1.807, 2.05) is 55.5 Å². The number of hydrogen-bond acceptors (Lipinski definition) is 4. The van der Waals surface area contributed by atoms with Crippen molar-refractivity contribution in [3.8, 4) is 11.5 Å². The first-order valence-electron chi connectivity index (χ1n) is 8.51.